The third kappa shape index (κ3) is 4.39. The van der Waals surface area contributed by atoms with Crippen molar-refractivity contribution in [2.24, 2.45) is 5.92 Å². The largest absolute Gasteiger partial charge is 0.480 e. The van der Waals surface area contributed by atoms with Crippen molar-refractivity contribution >= 4 is 11.9 Å². The van der Waals surface area contributed by atoms with Crippen LogP contribution in [0.15, 0.2) is 10.6 Å². The van der Waals surface area contributed by atoms with Crippen molar-refractivity contribution in [1.82, 2.24) is 10.5 Å². The van der Waals surface area contributed by atoms with Gasteiger partial charge in [-0.15, -0.1) is 0 Å². The second kappa shape index (κ2) is 6.36. The van der Waals surface area contributed by atoms with E-state index in [1.54, 1.807) is 0 Å². The number of carboxylic acids is 1. The van der Waals surface area contributed by atoms with Gasteiger partial charge in [-0.25, -0.2) is 4.79 Å². The van der Waals surface area contributed by atoms with Gasteiger partial charge in [0.25, 0.3) is 5.91 Å². The van der Waals surface area contributed by atoms with Crippen LogP contribution in [0.4, 0.5) is 0 Å². The number of hydrogen-bond donors (Lipinski definition) is 2. The fourth-order valence-electron chi connectivity index (χ4n) is 1.59. The number of amides is 1. The number of aliphatic carboxylic acids is 1. The van der Waals surface area contributed by atoms with Gasteiger partial charge in [0.15, 0.2) is 0 Å². The fraction of sp³-hybridized carbons (Fsp3) is 0.615. The molecule has 1 heterocycles. The summed E-state index contributed by atoms with van der Waals surface area (Å²) >= 11 is 0. The van der Waals surface area contributed by atoms with Gasteiger partial charge in [0, 0.05) is 6.07 Å². The zero-order chi connectivity index (χ0) is 14.6. The van der Waals surface area contributed by atoms with Gasteiger partial charge in [-0.3, -0.25) is 4.79 Å². The van der Waals surface area contributed by atoms with Crippen molar-refractivity contribution < 1.29 is 19.2 Å². The molecule has 1 unspecified atom stereocenters. The smallest absolute Gasteiger partial charge is 0.326 e. The minimum atomic E-state index is -1.05. The molecule has 0 aromatic carbocycles. The highest BCUT2D eigenvalue weighted by Crippen LogP contribution is 2.14. The lowest BCUT2D eigenvalue weighted by atomic mass is 10.0. The topological polar surface area (TPSA) is 92.4 Å². The first-order valence-corrected chi connectivity index (χ1v) is 6.31. The third-order valence-electron chi connectivity index (χ3n) is 2.65. The molecule has 2 N–H and O–H groups in total. The molecule has 0 spiro atoms. The van der Waals surface area contributed by atoms with Crippen LogP contribution in [0.1, 0.15) is 56.3 Å². The van der Waals surface area contributed by atoms with Gasteiger partial charge in [0.05, 0.1) is 5.69 Å². The Morgan fingerprint density at radius 3 is 2.42 bits per heavy atom. The van der Waals surface area contributed by atoms with Crippen LogP contribution in [0.2, 0.25) is 0 Å². The zero-order valence-corrected chi connectivity index (χ0v) is 11.6. The average Bonchev–Trinajstić information content (AvgIpc) is 2.76. The van der Waals surface area contributed by atoms with Gasteiger partial charge in [-0.05, 0) is 18.3 Å². The number of carboxylic acid groups (broad SMARTS) is 1. The molecule has 1 aromatic heterocycles. The van der Waals surface area contributed by atoms with Crippen molar-refractivity contribution in [1.29, 1.82) is 0 Å². The Morgan fingerprint density at radius 1 is 1.37 bits per heavy atom. The van der Waals surface area contributed by atoms with Gasteiger partial charge in [0.1, 0.15) is 6.04 Å². The molecule has 106 valence electrons. The lowest BCUT2D eigenvalue weighted by Crippen LogP contribution is -2.41. The van der Waals surface area contributed by atoms with Crippen LogP contribution in [0.25, 0.3) is 0 Å². The highest BCUT2D eigenvalue weighted by molar-refractivity contribution is 5.94. The second-order valence-electron chi connectivity index (χ2n) is 5.26. The Labute approximate surface area is 112 Å². The lowest BCUT2D eigenvalue weighted by Gasteiger charge is -2.15. The lowest BCUT2D eigenvalue weighted by molar-refractivity contribution is -0.139. The number of rotatable bonds is 6. The van der Waals surface area contributed by atoms with E-state index in [2.05, 4.69) is 10.5 Å². The molecule has 1 atom stereocenters. The molecule has 0 aliphatic carbocycles. The molecule has 0 radical (unpaired) electrons. The van der Waals surface area contributed by atoms with E-state index in [1.165, 1.54) is 6.07 Å². The molecule has 19 heavy (non-hydrogen) atoms. The maximum atomic E-state index is 11.9. The molecular weight excluding hydrogens is 248 g/mol. The minimum absolute atomic E-state index is 0.0405. The predicted molar refractivity (Wildman–Crippen MR) is 68.9 cm³/mol. The summed E-state index contributed by atoms with van der Waals surface area (Å²) in [6.45, 7) is 7.65. The van der Waals surface area contributed by atoms with E-state index >= 15 is 0 Å². The highest BCUT2D eigenvalue weighted by Gasteiger charge is 2.24. The fourth-order valence-corrected chi connectivity index (χ4v) is 1.59. The molecule has 0 aliphatic heterocycles. The van der Waals surface area contributed by atoms with Crippen molar-refractivity contribution in [3.05, 3.63) is 17.5 Å². The molecule has 0 saturated carbocycles. The first-order valence-electron chi connectivity index (χ1n) is 6.31. The highest BCUT2D eigenvalue weighted by atomic mass is 16.5. The van der Waals surface area contributed by atoms with Crippen LogP contribution in [-0.4, -0.2) is 28.2 Å². The van der Waals surface area contributed by atoms with Crippen LogP contribution < -0.4 is 5.32 Å². The number of aromatic nitrogens is 1. The predicted octanol–water partition coefficient (Wildman–Crippen LogP) is 2.03. The first-order chi connectivity index (χ1) is 8.81. The van der Waals surface area contributed by atoms with Gasteiger partial charge in [-0.1, -0.05) is 32.9 Å². The maximum absolute atomic E-state index is 11.9. The van der Waals surface area contributed by atoms with E-state index in [-0.39, 0.29) is 17.6 Å². The standard InChI is InChI=1S/C13H20N2O4/c1-7(2)5-10(13(17)18)14-12(16)11-6-9(8(3)4)15-19-11/h6-8,10H,5H2,1-4H3,(H,14,16)(H,17,18). The maximum Gasteiger partial charge on any atom is 0.326 e. The van der Waals surface area contributed by atoms with Crippen LogP contribution in [0.5, 0.6) is 0 Å². The van der Waals surface area contributed by atoms with Gasteiger partial charge in [-0.2, -0.15) is 0 Å². The molecule has 1 aromatic rings. The van der Waals surface area contributed by atoms with Crippen molar-refractivity contribution in [2.75, 3.05) is 0 Å². The van der Waals surface area contributed by atoms with Crippen LogP contribution in [0.3, 0.4) is 0 Å². The van der Waals surface area contributed by atoms with Gasteiger partial charge < -0.3 is 14.9 Å². The zero-order valence-electron chi connectivity index (χ0n) is 11.6. The number of hydrogen-bond acceptors (Lipinski definition) is 4. The Hall–Kier alpha value is -1.85. The molecule has 0 saturated heterocycles. The molecule has 0 aliphatic rings. The SMILES string of the molecule is CC(C)CC(NC(=O)c1cc(C(C)C)no1)C(=O)O. The summed E-state index contributed by atoms with van der Waals surface area (Å²) in [5.74, 6) is -1.24. The molecule has 6 nitrogen and oxygen atoms in total. The van der Waals surface area contributed by atoms with Crippen LogP contribution in [-0.2, 0) is 4.79 Å². The summed E-state index contributed by atoms with van der Waals surface area (Å²) < 4.78 is 4.92. The number of nitrogens with zero attached hydrogens (tertiary/aromatic N) is 1. The van der Waals surface area contributed by atoms with Crippen molar-refractivity contribution in [3.63, 3.8) is 0 Å². The molecule has 1 rings (SSSR count). The number of nitrogens with one attached hydrogen (secondary N) is 1. The molecule has 6 heteroatoms. The van der Waals surface area contributed by atoms with Crippen LogP contribution >= 0.6 is 0 Å². The van der Waals surface area contributed by atoms with E-state index in [9.17, 15) is 9.59 Å². The summed E-state index contributed by atoms with van der Waals surface area (Å²) in [4.78, 5) is 22.9. The van der Waals surface area contributed by atoms with Gasteiger partial charge in [0.2, 0.25) is 5.76 Å². The Morgan fingerprint density at radius 2 is 2.00 bits per heavy atom. The third-order valence-corrected chi connectivity index (χ3v) is 2.65. The minimum Gasteiger partial charge on any atom is -0.480 e. The molecule has 1 amide bonds. The summed E-state index contributed by atoms with van der Waals surface area (Å²) in [6.07, 6.45) is 0.367. The molecular formula is C13H20N2O4. The number of carbonyl (C=O) groups excluding carboxylic acids is 1. The normalized spacial score (nSPS) is 12.7. The summed E-state index contributed by atoms with van der Waals surface area (Å²) in [5, 5.41) is 15.3. The van der Waals surface area contributed by atoms with E-state index < -0.39 is 17.9 Å². The first kappa shape index (κ1) is 15.2. The summed E-state index contributed by atoms with van der Waals surface area (Å²) in [6, 6.07) is 0.619. The molecule has 0 bridgehead atoms. The average molecular weight is 268 g/mol. The summed E-state index contributed by atoms with van der Waals surface area (Å²) in [7, 11) is 0. The van der Waals surface area contributed by atoms with Crippen molar-refractivity contribution in [2.45, 2.75) is 46.1 Å². The van der Waals surface area contributed by atoms with E-state index in [1.807, 2.05) is 27.7 Å². The molecule has 0 fully saturated rings. The Bertz CT molecular complexity index is 451. The second-order valence-corrected chi connectivity index (χ2v) is 5.26. The van der Waals surface area contributed by atoms with Crippen LogP contribution in [0, 0.1) is 5.92 Å². The van der Waals surface area contributed by atoms with Crippen molar-refractivity contribution in [3.8, 4) is 0 Å². The summed E-state index contributed by atoms with van der Waals surface area (Å²) in [5.41, 5.74) is 0.667. The van der Waals surface area contributed by atoms with Gasteiger partial charge >= 0.3 is 5.97 Å². The Balaban J connectivity index is 2.73. The Kier molecular flexibility index (Phi) is 5.09. The monoisotopic (exact) mass is 268 g/mol. The van der Waals surface area contributed by atoms with E-state index in [0.29, 0.717) is 12.1 Å². The number of carbonyl (C=O) groups is 2. The quantitative estimate of drug-likeness (QED) is 0.823. The van der Waals surface area contributed by atoms with E-state index in [4.69, 9.17) is 9.63 Å². The van der Waals surface area contributed by atoms with E-state index in [0.717, 1.165) is 0 Å².